The van der Waals surface area contributed by atoms with Crippen molar-refractivity contribution in [1.82, 2.24) is 4.90 Å². The van der Waals surface area contributed by atoms with Gasteiger partial charge in [0.2, 0.25) is 0 Å². The summed E-state index contributed by atoms with van der Waals surface area (Å²) in [6.07, 6.45) is 0. The first-order valence-electron chi connectivity index (χ1n) is 8.86. The number of benzene rings is 2. The monoisotopic (exact) mass is 368 g/mol. The SMILES string of the molecule is Cc1cccc(N2CCN(Cc3cc4ccccc4oc3=O)CC2)c1Cl. The minimum atomic E-state index is -0.243. The van der Waals surface area contributed by atoms with Crippen molar-refractivity contribution in [2.75, 3.05) is 31.1 Å². The van der Waals surface area contributed by atoms with E-state index in [4.69, 9.17) is 16.0 Å². The third kappa shape index (κ3) is 3.35. The number of fused-ring (bicyclic) bond motifs is 1. The number of rotatable bonds is 3. The minimum absolute atomic E-state index is 0.243. The Morgan fingerprint density at radius 1 is 1.04 bits per heavy atom. The molecule has 4 rings (SSSR count). The summed E-state index contributed by atoms with van der Waals surface area (Å²) in [7, 11) is 0. The van der Waals surface area contributed by atoms with E-state index in [-0.39, 0.29) is 5.63 Å². The van der Waals surface area contributed by atoms with Gasteiger partial charge in [0.25, 0.3) is 0 Å². The normalized spacial score (nSPS) is 15.5. The predicted octanol–water partition coefficient (Wildman–Crippen LogP) is 4.08. The summed E-state index contributed by atoms with van der Waals surface area (Å²) in [4.78, 5) is 16.9. The smallest absolute Gasteiger partial charge is 0.340 e. The highest BCUT2D eigenvalue weighted by molar-refractivity contribution is 6.34. The van der Waals surface area contributed by atoms with Gasteiger partial charge in [-0.3, -0.25) is 4.90 Å². The average molecular weight is 369 g/mol. The number of hydrogen-bond donors (Lipinski definition) is 0. The Kier molecular flexibility index (Phi) is 4.70. The molecule has 26 heavy (non-hydrogen) atoms. The zero-order valence-corrected chi connectivity index (χ0v) is 15.5. The Labute approximate surface area is 157 Å². The van der Waals surface area contributed by atoms with Gasteiger partial charge in [-0.25, -0.2) is 4.79 Å². The second kappa shape index (κ2) is 7.14. The fraction of sp³-hybridized carbons (Fsp3) is 0.286. The van der Waals surface area contributed by atoms with Crippen molar-refractivity contribution in [1.29, 1.82) is 0 Å². The molecule has 0 aliphatic carbocycles. The van der Waals surface area contributed by atoms with Crippen LogP contribution in [-0.4, -0.2) is 31.1 Å². The zero-order valence-electron chi connectivity index (χ0n) is 14.7. The lowest BCUT2D eigenvalue weighted by Gasteiger charge is -2.36. The van der Waals surface area contributed by atoms with Crippen molar-refractivity contribution in [2.24, 2.45) is 0 Å². The van der Waals surface area contributed by atoms with Crippen LogP contribution in [0.1, 0.15) is 11.1 Å². The third-order valence-corrected chi connectivity index (χ3v) is 5.48. The highest BCUT2D eigenvalue weighted by atomic mass is 35.5. The second-order valence-corrected chi connectivity index (χ2v) is 7.15. The van der Waals surface area contributed by atoms with Crippen molar-refractivity contribution in [3.8, 4) is 0 Å². The van der Waals surface area contributed by atoms with Crippen LogP contribution in [0.25, 0.3) is 11.0 Å². The highest BCUT2D eigenvalue weighted by Gasteiger charge is 2.20. The van der Waals surface area contributed by atoms with E-state index in [1.54, 1.807) is 0 Å². The molecule has 1 fully saturated rings. The molecule has 0 radical (unpaired) electrons. The summed E-state index contributed by atoms with van der Waals surface area (Å²) in [6, 6.07) is 15.7. The first-order valence-corrected chi connectivity index (χ1v) is 9.24. The molecule has 2 aromatic carbocycles. The number of hydrogen-bond acceptors (Lipinski definition) is 4. The lowest BCUT2D eigenvalue weighted by molar-refractivity contribution is 0.247. The standard InChI is InChI=1S/C21H21ClN2O2/c1-15-5-4-7-18(20(15)22)24-11-9-23(10-12-24)14-17-13-16-6-2-3-8-19(16)26-21(17)25/h2-8,13H,9-12,14H2,1H3. The molecule has 0 amide bonds. The summed E-state index contributed by atoms with van der Waals surface area (Å²) >= 11 is 6.46. The molecule has 4 nitrogen and oxygen atoms in total. The average Bonchev–Trinajstić information content (AvgIpc) is 2.65. The van der Waals surface area contributed by atoms with Gasteiger partial charge >= 0.3 is 5.63 Å². The van der Waals surface area contributed by atoms with Crippen LogP contribution in [0, 0.1) is 6.92 Å². The van der Waals surface area contributed by atoms with Crippen LogP contribution in [0.4, 0.5) is 5.69 Å². The van der Waals surface area contributed by atoms with E-state index < -0.39 is 0 Å². The Balaban J connectivity index is 1.46. The van der Waals surface area contributed by atoms with Crippen molar-refractivity contribution >= 4 is 28.3 Å². The van der Waals surface area contributed by atoms with Crippen molar-refractivity contribution < 1.29 is 4.42 Å². The van der Waals surface area contributed by atoms with Crippen LogP contribution in [0.3, 0.4) is 0 Å². The molecular formula is C21H21ClN2O2. The fourth-order valence-electron chi connectivity index (χ4n) is 3.48. The van der Waals surface area contributed by atoms with Crippen LogP contribution < -0.4 is 10.5 Å². The molecule has 0 bridgehead atoms. The van der Waals surface area contributed by atoms with Gasteiger partial charge in [0, 0.05) is 38.1 Å². The van der Waals surface area contributed by atoms with Gasteiger partial charge < -0.3 is 9.32 Å². The van der Waals surface area contributed by atoms with Crippen molar-refractivity contribution in [3.63, 3.8) is 0 Å². The molecular weight excluding hydrogens is 348 g/mol. The van der Waals surface area contributed by atoms with Gasteiger partial charge in [-0.05, 0) is 30.7 Å². The summed E-state index contributed by atoms with van der Waals surface area (Å²) in [5, 5.41) is 1.79. The maximum absolute atomic E-state index is 12.3. The molecule has 0 unspecified atom stereocenters. The molecule has 0 saturated carbocycles. The van der Waals surface area contributed by atoms with Gasteiger partial charge in [-0.2, -0.15) is 0 Å². The third-order valence-electron chi connectivity index (χ3n) is 4.99. The van der Waals surface area contributed by atoms with Gasteiger partial charge in [0.05, 0.1) is 16.3 Å². The Bertz CT molecular complexity index is 991. The molecule has 5 heteroatoms. The van der Waals surface area contributed by atoms with Crippen LogP contribution in [0.2, 0.25) is 5.02 Å². The Morgan fingerprint density at radius 3 is 2.62 bits per heavy atom. The lowest BCUT2D eigenvalue weighted by atomic mass is 10.1. The number of piperazine rings is 1. The zero-order chi connectivity index (χ0) is 18.1. The summed E-state index contributed by atoms with van der Waals surface area (Å²) in [5.74, 6) is 0. The van der Waals surface area contributed by atoms with Crippen molar-refractivity contribution in [2.45, 2.75) is 13.5 Å². The van der Waals surface area contributed by atoms with Crippen LogP contribution >= 0.6 is 11.6 Å². The number of aryl methyl sites for hydroxylation is 1. The van der Waals surface area contributed by atoms with E-state index in [1.165, 1.54) is 0 Å². The molecule has 2 heterocycles. The van der Waals surface area contributed by atoms with Gasteiger partial charge in [0.15, 0.2) is 0 Å². The summed E-state index contributed by atoms with van der Waals surface area (Å²) < 4.78 is 5.44. The molecule has 3 aromatic rings. The largest absolute Gasteiger partial charge is 0.422 e. The minimum Gasteiger partial charge on any atom is -0.422 e. The number of nitrogens with zero attached hydrogens (tertiary/aromatic N) is 2. The number of para-hydroxylation sites is 1. The first kappa shape index (κ1) is 17.1. The second-order valence-electron chi connectivity index (χ2n) is 6.77. The molecule has 1 aliphatic heterocycles. The molecule has 1 aromatic heterocycles. The van der Waals surface area contributed by atoms with Crippen LogP contribution in [-0.2, 0) is 6.54 Å². The molecule has 0 atom stereocenters. The van der Waals surface area contributed by atoms with E-state index in [0.717, 1.165) is 47.8 Å². The number of anilines is 1. The quantitative estimate of drug-likeness (QED) is 0.653. The maximum atomic E-state index is 12.3. The topological polar surface area (TPSA) is 36.7 Å². The van der Waals surface area contributed by atoms with Crippen LogP contribution in [0.5, 0.6) is 0 Å². The van der Waals surface area contributed by atoms with E-state index in [9.17, 15) is 4.79 Å². The van der Waals surface area contributed by atoms with E-state index in [1.807, 2.05) is 49.4 Å². The lowest BCUT2D eigenvalue weighted by Crippen LogP contribution is -2.46. The van der Waals surface area contributed by atoms with E-state index in [2.05, 4.69) is 15.9 Å². The van der Waals surface area contributed by atoms with Crippen molar-refractivity contribution in [3.05, 3.63) is 75.1 Å². The van der Waals surface area contributed by atoms with Gasteiger partial charge in [-0.1, -0.05) is 41.9 Å². The maximum Gasteiger partial charge on any atom is 0.340 e. The molecule has 1 aliphatic rings. The molecule has 134 valence electrons. The Morgan fingerprint density at radius 2 is 1.81 bits per heavy atom. The predicted molar refractivity (Wildman–Crippen MR) is 106 cm³/mol. The molecule has 0 spiro atoms. The van der Waals surface area contributed by atoms with Gasteiger partial charge in [-0.15, -0.1) is 0 Å². The number of halogens is 1. The Hall–Kier alpha value is -2.30. The highest BCUT2D eigenvalue weighted by Crippen LogP contribution is 2.29. The fourth-order valence-corrected chi connectivity index (χ4v) is 3.72. The van der Waals surface area contributed by atoms with Gasteiger partial charge in [0.1, 0.15) is 5.58 Å². The van der Waals surface area contributed by atoms with E-state index in [0.29, 0.717) is 17.7 Å². The van der Waals surface area contributed by atoms with E-state index >= 15 is 0 Å². The first-order chi connectivity index (χ1) is 12.6. The summed E-state index contributed by atoms with van der Waals surface area (Å²) in [5.41, 5.74) is 3.30. The molecule has 0 N–H and O–H groups in total. The molecule has 1 saturated heterocycles. The summed E-state index contributed by atoms with van der Waals surface area (Å²) in [6.45, 7) is 6.20. The van der Waals surface area contributed by atoms with Crippen LogP contribution in [0.15, 0.2) is 57.7 Å².